The van der Waals surface area contributed by atoms with Crippen LogP contribution in [-0.4, -0.2) is 22.2 Å². The van der Waals surface area contributed by atoms with E-state index in [9.17, 15) is 4.79 Å². The molecule has 140 valence electrons. The zero-order valence-corrected chi connectivity index (χ0v) is 15.5. The van der Waals surface area contributed by atoms with Gasteiger partial charge >= 0.3 is 0 Å². The summed E-state index contributed by atoms with van der Waals surface area (Å²) in [5.74, 6) is -0.464. The van der Waals surface area contributed by atoms with E-state index in [4.69, 9.17) is 5.73 Å². The number of fused-ring (bicyclic) bond motifs is 1. The summed E-state index contributed by atoms with van der Waals surface area (Å²) in [7, 11) is 0. The number of nitrogens with two attached hydrogens (primary N) is 1. The molecule has 0 bridgehead atoms. The third kappa shape index (κ3) is 3.94. The zero-order chi connectivity index (χ0) is 19.3. The van der Waals surface area contributed by atoms with Crippen LogP contribution >= 0.6 is 0 Å². The number of nitrogens with one attached hydrogen (secondary N) is 1. The molecule has 0 radical (unpaired) electrons. The molecule has 0 unspecified atom stereocenters. The Kier molecular flexibility index (Phi) is 5.17. The van der Waals surface area contributed by atoms with Crippen molar-refractivity contribution in [3.05, 3.63) is 95.7 Å². The molecule has 1 amide bonds. The van der Waals surface area contributed by atoms with Gasteiger partial charge in [0.15, 0.2) is 0 Å². The predicted octanol–water partition coefficient (Wildman–Crippen LogP) is 3.46. The molecule has 3 aromatic carbocycles. The van der Waals surface area contributed by atoms with Gasteiger partial charge in [-0.15, -0.1) is 0 Å². The Bertz CT molecular complexity index is 1080. The summed E-state index contributed by atoms with van der Waals surface area (Å²) in [5, 5.41) is 8.91. The molecule has 3 N–H and O–H groups in total. The molecule has 28 heavy (non-hydrogen) atoms. The summed E-state index contributed by atoms with van der Waals surface area (Å²) in [5.41, 5.74) is 10.0. The van der Waals surface area contributed by atoms with Gasteiger partial charge in [0.25, 0.3) is 5.91 Å². The Hall–Kier alpha value is -3.44. The van der Waals surface area contributed by atoms with Gasteiger partial charge in [-0.2, -0.15) is 5.10 Å². The number of primary amides is 1. The van der Waals surface area contributed by atoms with Crippen molar-refractivity contribution in [2.45, 2.75) is 13.0 Å². The summed E-state index contributed by atoms with van der Waals surface area (Å²) in [4.78, 5) is 11.6. The third-order valence-electron chi connectivity index (χ3n) is 4.77. The second kappa shape index (κ2) is 8.06. The fourth-order valence-corrected chi connectivity index (χ4v) is 3.25. The molecular formula is C23H22N4O. The average Bonchev–Trinajstić information content (AvgIpc) is 3.16. The van der Waals surface area contributed by atoms with Crippen LogP contribution in [0.5, 0.6) is 0 Å². The molecule has 1 aromatic heterocycles. The van der Waals surface area contributed by atoms with Crippen LogP contribution in [0.15, 0.2) is 79.0 Å². The van der Waals surface area contributed by atoms with Gasteiger partial charge < -0.3 is 11.1 Å². The summed E-state index contributed by atoms with van der Waals surface area (Å²) < 4.78 is 1.79. The highest BCUT2D eigenvalue weighted by Gasteiger charge is 2.10. The van der Waals surface area contributed by atoms with Gasteiger partial charge in [0.05, 0.1) is 11.3 Å². The van der Waals surface area contributed by atoms with E-state index in [1.54, 1.807) is 10.7 Å². The third-order valence-corrected chi connectivity index (χ3v) is 4.77. The Morgan fingerprint density at radius 1 is 0.929 bits per heavy atom. The lowest BCUT2D eigenvalue weighted by molar-refractivity contribution is 0.100. The summed E-state index contributed by atoms with van der Waals surface area (Å²) in [6.45, 7) is 1.79. The van der Waals surface area contributed by atoms with Crippen molar-refractivity contribution in [3.63, 3.8) is 0 Å². The average molecular weight is 370 g/mol. The van der Waals surface area contributed by atoms with E-state index >= 15 is 0 Å². The molecule has 5 heteroatoms. The second-order valence-corrected chi connectivity index (χ2v) is 6.76. The van der Waals surface area contributed by atoms with Crippen LogP contribution in [0.3, 0.4) is 0 Å². The van der Waals surface area contributed by atoms with Gasteiger partial charge in [-0.25, -0.2) is 4.68 Å². The first-order valence-corrected chi connectivity index (χ1v) is 9.33. The summed E-state index contributed by atoms with van der Waals surface area (Å²) in [6.07, 6.45) is 2.87. The van der Waals surface area contributed by atoms with Crippen molar-refractivity contribution in [2.24, 2.45) is 5.73 Å². The Labute approximate surface area is 163 Å². The molecule has 0 aliphatic heterocycles. The Morgan fingerprint density at radius 2 is 1.71 bits per heavy atom. The number of benzene rings is 3. The molecule has 4 rings (SSSR count). The minimum Gasteiger partial charge on any atom is -0.366 e. The van der Waals surface area contributed by atoms with Crippen LogP contribution in [-0.2, 0) is 13.0 Å². The molecule has 0 saturated heterocycles. The standard InChI is InChI=1S/C23H22N4O/c24-23(28)21-8-4-7-19-16-27(26-22(19)21)20-11-9-17(10-12-20)13-14-25-15-18-5-2-1-3-6-18/h1-12,16,25H,13-15H2,(H2,24,28). The number of rotatable bonds is 7. The van der Waals surface area contributed by atoms with Crippen molar-refractivity contribution in [1.82, 2.24) is 15.1 Å². The lowest BCUT2D eigenvalue weighted by Gasteiger charge is -2.06. The normalized spacial score (nSPS) is 11.0. The van der Waals surface area contributed by atoms with Crippen LogP contribution < -0.4 is 11.1 Å². The molecule has 0 saturated carbocycles. The Morgan fingerprint density at radius 3 is 2.46 bits per heavy atom. The molecule has 4 aromatic rings. The van der Waals surface area contributed by atoms with E-state index in [1.807, 2.05) is 36.5 Å². The first-order valence-electron chi connectivity index (χ1n) is 9.33. The molecular weight excluding hydrogens is 348 g/mol. The van der Waals surface area contributed by atoms with E-state index in [0.29, 0.717) is 11.1 Å². The lowest BCUT2D eigenvalue weighted by atomic mass is 10.1. The quantitative estimate of drug-likeness (QED) is 0.489. The maximum atomic E-state index is 11.6. The van der Waals surface area contributed by atoms with E-state index in [1.165, 1.54) is 11.1 Å². The molecule has 0 aliphatic rings. The predicted molar refractivity (Wildman–Crippen MR) is 111 cm³/mol. The number of carbonyl (C=O) groups excluding carboxylic acids is 1. The maximum Gasteiger partial charge on any atom is 0.250 e. The Balaban J connectivity index is 1.41. The van der Waals surface area contributed by atoms with Crippen LogP contribution in [0.4, 0.5) is 0 Å². The number of nitrogens with zero attached hydrogens (tertiary/aromatic N) is 2. The van der Waals surface area contributed by atoms with Crippen molar-refractivity contribution in [2.75, 3.05) is 6.54 Å². The molecule has 0 atom stereocenters. The van der Waals surface area contributed by atoms with E-state index in [2.05, 4.69) is 46.8 Å². The molecule has 0 aliphatic carbocycles. The van der Waals surface area contributed by atoms with Gasteiger partial charge in [-0.3, -0.25) is 4.79 Å². The van der Waals surface area contributed by atoms with Crippen LogP contribution in [0.25, 0.3) is 16.6 Å². The smallest absolute Gasteiger partial charge is 0.250 e. The highest BCUT2D eigenvalue weighted by molar-refractivity contribution is 6.04. The maximum absolute atomic E-state index is 11.6. The van der Waals surface area contributed by atoms with Crippen molar-refractivity contribution in [1.29, 1.82) is 0 Å². The fraction of sp³-hybridized carbons (Fsp3) is 0.130. The number of carbonyl (C=O) groups is 1. The summed E-state index contributed by atoms with van der Waals surface area (Å²) in [6, 6.07) is 24.2. The molecule has 5 nitrogen and oxygen atoms in total. The highest BCUT2D eigenvalue weighted by atomic mass is 16.1. The van der Waals surface area contributed by atoms with Gasteiger partial charge in [-0.1, -0.05) is 54.6 Å². The van der Waals surface area contributed by atoms with E-state index in [0.717, 1.165) is 30.6 Å². The van der Waals surface area contributed by atoms with Gasteiger partial charge in [0.1, 0.15) is 5.52 Å². The monoisotopic (exact) mass is 370 g/mol. The largest absolute Gasteiger partial charge is 0.366 e. The van der Waals surface area contributed by atoms with E-state index < -0.39 is 5.91 Å². The van der Waals surface area contributed by atoms with Gasteiger partial charge in [0, 0.05) is 18.1 Å². The summed E-state index contributed by atoms with van der Waals surface area (Å²) >= 11 is 0. The van der Waals surface area contributed by atoms with Gasteiger partial charge in [0.2, 0.25) is 0 Å². The number of hydrogen-bond donors (Lipinski definition) is 2. The molecule has 0 fully saturated rings. The van der Waals surface area contributed by atoms with Crippen molar-refractivity contribution in [3.8, 4) is 5.69 Å². The van der Waals surface area contributed by atoms with E-state index in [-0.39, 0.29) is 0 Å². The second-order valence-electron chi connectivity index (χ2n) is 6.76. The van der Waals surface area contributed by atoms with Crippen molar-refractivity contribution < 1.29 is 4.79 Å². The number of amides is 1. The molecule has 0 spiro atoms. The fourth-order valence-electron chi connectivity index (χ4n) is 3.25. The first kappa shape index (κ1) is 17.9. The minimum absolute atomic E-state index is 0.442. The minimum atomic E-state index is -0.464. The van der Waals surface area contributed by atoms with Crippen LogP contribution in [0.2, 0.25) is 0 Å². The topological polar surface area (TPSA) is 72.9 Å². The first-order chi connectivity index (χ1) is 13.7. The van der Waals surface area contributed by atoms with Gasteiger partial charge in [-0.05, 0) is 42.3 Å². The number of hydrogen-bond acceptors (Lipinski definition) is 3. The zero-order valence-electron chi connectivity index (χ0n) is 15.5. The SMILES string of the molecule is NC(=O)c1cccc2cn(-c3ccc(CCNCc4ccccc4)cc3)nc12. The van der Waals surface area contributed by atoms with Crippen LogP contribution in [0, 0.1) is 0 Å². The van der Waals surface area contributed by atoms with Crippen LogP contribution in [0.1, 0.15) is 21.5 Å². The number of aromatic nitrogens is 2. The molecule has 1 heterocycles. The lowest BCUT2D eigenvalue weighted by Crippen LogP contribution is -2.16. The highest BCUT2D eigenvalue weighted by Crippen LogP contribution is 2.19. The van der Waals surface area contributed by atoms with Crippen molar-refractivity contribution >= 4 is 16.8 Å².